The van der Waals surface area contributed by atoms with E-state index >= 15 is 0 Å². The van der Waals surface area contributed by atoms with Gasteiger partial charge >= 0.3 is 0 Å². The second kappa shape index (κ2) is 7.52. The number of hydrogen-bond donors (Lipinski definition) is 0. The van der Waals surface area contributed by atoms with Gasteiger partial charge in [0.05, 0.1) is 5.92 Å². The molecule has 0 aromatic heterocycles. The van der Waals surface area contributed by atoms with Crippen molar-refractivity contribution in [2.24, 2.45) is 0 Å². The molecule has 21 heavy (non-hydrogen) atoms. The van der Waals surface area contributed by atoms with Crippen molar-refractivity contribution in [3.05, 3.63) is 59.7 Å². The molecule has 0 aliphatic rings. The summed E-state index contributed by atoms with van der Waals surface area (Å²) in [5.74, 6) is -0.283. The predicted molar refractivity (Wildman–Crippen MR) is 98.6 cm³/mol. The summed E-state index contributed by atoms with van der Waals surface area (Å²) in [6, 6.07) is 16.3. The molecule has 0 saturated heterocycles. The third-order valence-corrected chi connectivity index (χ3v) is 5.37. The lowest BCUT2D eigenvalue weighted by molar-refractivity contribution is 0.836. The van der Waals surface area contributed by atoms with E-state index in [9.17, 15) is 0 Å². The van der Waals surface area contributed by atoms with Gasteiger partial charge in [0, 0.05) is 9.79 Å². The van der Waals surface area contributed by atoms with Crippen LogP contribution in [0, 0.1) is 0 Å². The fraction of sp³-hybridized carbons (Fsp3) is 0.250. The van der Waals surface area contributed by atoms with E-state index in [1.54, 1.807) is 23.5 Å². The van der Waals surface area contributed by atoms with Crippen LogP contribution in [0.1, 0.15) is 17.0 Å². The third kappa shape index (κ3) is 4.49. The molecule has 0 radical (unpaired) electrons. The average Bonchev–Trinajstić information content (AvgIpc) is 2.47. The number of benzene rings is 2. The Balaban J connectivity index is 2.41. The van der Waals surface area contributed by atoms with E-state index in [1.807, 2.05) is 36.8 Å². The first-order chi connectivity index (χ1) is 9.95. The van der Waals surface area contributed by atoms with Gasteiger partial charge in [-0.05, 0) is 47.9 Å². The molecule has 0 N–H and O–H groups in total. The normalized spacial score (nSPS) is 11.9. The molecule has 0 fully saturated rings. The molecule has 0 aliphatic heterocycles. The van der Waals surface area contributed by atoms with Crippen LogP contribution in [-0.2, 0) is 0 Å². The van der Waals surface area contributed by atoms with Crippen molar-refractivity contribution >= 4 is 58.3 Å². The summed E-state index contributed by atoms with van der Waals surface area (Å²) < 4.78 is -1.39. The van der Waals surface area contributed by atoms with Gasteiger partial charge in [-0.1, -0.05) is 59.1 Å². The van der Waals surface area contributed by atoms with Gasteiger partial charge in [-0.3, -0.25) is 0 Å². The minimum absolute atomic E-state index is 0.283. The molecule has 5 heteroatoms. The highest BCUT2D eigenvalue weighted by molar-refractivity contribution is 7.98. The fourth-order valence-corrected chi connectivity index (χ4v) is 3.74. The van der Waals surface area contributed by atoms with E-state index in [1.165, 1.54) is 9.79 Å². The zero-order chi connectivity index (χ0) is 15.5. The van der Waals surface area contributed by atoms with Gasteiger partial charge in [0.1, 0.15) is 0 Å². The quantitative estimate of drug-likeness (QED) is 0.433. The second-order valence-electron chi connectivity index (χ2n) is 4.52. The summed E-state index contributed by atoms with van der Waals surface area (Å²) in [6.45, 7) is 0. The molecule has 0 unspecified atom stereocenters. The van der Waals surface area contributed by atoms with Crippen LogP contribution in [0.2, 0.25) is 0 Å². The van der Waals surface area contributed by atoms with E-state index in [-0.39, 0.29) is 5.92 Å². The van der Waals surface area contributed by atoms with Crippen LogP contribution in [0.25, 0.3) is 0 Å². The molecule has 0 atom stereocenters. The molecule has 0 amide bonds. The van der Waals surface area contributed by atoms with E-state index in [0.29, 0.717) is 0 Å². The standard InChI is InChI=1S/C16H15Cl3S2/c1-20-13-7-3-11(4-8-13)15(16(17,18)19)12-5-9-14(21-2)10-6-12/h3-10,15H,1-2H3. The molecule has 112 valence electrons. The average molecular weight is 378 g/mol. The maximum absolute atomic E-state index is 6.24. The Morgan fingerprint density at radius 2 is 1.05 bits per heavy atom. The Hall–Kier alpha value is 0.01000. The lowest BCUT2D eigenvalue weighted by Crippen LogP contribution is -2.18. The van der Waals surface area contributed by atoms with Crippen molar-refractivity contribution in [1.82, 2.24) is 0 Å². The third-order valence-electron chi connectivity index (χ3n) is 3.23. The number of rotatable bonds is 4. The van der Waals surface area contributed by atoms with Gasteiger partial charge < -0.3 is 0 Å². The minimum atomic E-state index is -1.39. The maximum atomic E-state index is 6.24. The number of thioether (sulfide) groups is 2. The highest BCUT2D eigenvalue weighted by Crippen LogP contribution is 2.46. The van der Waals surface area contributed by atoms with Crippen LogP contribution < -0.4 is 0 Å². The molecular formula is C16H15Cl3S2. The number of alkyl halides is 3. The monoisotopic (exact) mass is 376 g/mol. The lowest BCUT2D eigenvalue weighted by Gasteiger charge is -2.25. The van der Waals surface area contributed by atoms with Crippen LogP contribution in [0.5, 0.6) is 0 Å². The van der Waals surface area contributed by atoms with Gasteiger partial charge in [0.2, 0.25) is 3.79 Å². The summed E-state index contributed by atoms with van der Waals surface area (Å²) in [5.41, 5.74) is 2.01. The Morgan fingerprint density at radius 1 is 0.714 bits per heavy atom. The maximum Gasteiger partial charge on any atom is 0.201 e. The number of halogens is 3. The van der Waals surface area contributed by atoms with Crippen LogP contribution in [0.3, 0.4) is 0 Å². The van der Waals surface area contributed by atoms with Gasteiger partial charge in [-0.25, -0.2) is 0 Å². The molecule has 0 saturated carbocycles. The van der Waals surface area contributed by atoms with E-state index in [0.717, 1.165) is 11.1 Å². The fourth-order valence-electron chi connectivity index (χ4n) is 2.16. The van der Waals surface area contributed by atoms with Crippen LogP contribution in [-0.4, -0.2) is 16.3 Å². The molecule has 2 aromatic rings. The molecule has 0 aliphatic carbocycles. The van der Waals surface area contributed by atoms with Gasteiger partial charge in [0.25, 0.3) is 0 Å². The first-order valence-electron chi connectivity index (χ1n) is 6.30. The number of hydrogen-bond acceptors (Lipinski definition) is 2. The van der Waals surface area contributed by atoms with Crippen molar-refractivity contribution in [2.75, 3.05) is 12.5 Å². The van der Waals surface area contributed by atoms with Crippen molar-refractivity contribution < 1.29 is 0 Å². The van der Waals surface area contributed by atoms with Crippen LogP contribution >= 0.6 is 58.3 Å². The Labute approximate surface area is 149 Å². The summed E-state index contributed by atoms with van der Waals surface area (Å²) in [4.78, 5) is 2.39. The van der Waals surface area contributed by atoms with E-state index in [2.05, 4.69) is 24.3 Å². The summed E-state index contributed by atoms with van der Waals surface area (Å²) in [7, 11) is 0. The van der Waals surface area contributed by atoms with E-state index < -0.39 is 3.79 Å². The van der Waals surface area contributed by atoms with Gasteiger partial charge in [0.15, 0.2) is 0 Å². The SMILES string of the molecule is CSc1ccc(C(c2ccc(SC)cc2)C(Cl)(Cl)Cl)cc1. The zero-order valence-corrected chi connectivity index (χ0v) is 15.5. The molecular weight excluding hydrogens is 363 g/mol. The minimum Gasteiger partial charge on any atom is -0.130 e. The zero-order valence-electron chi connectivity index (χ0n) is 11.6. The van der Waals surface area contributed by atoms with Crippen molar-refractivity contribution in [3.8, 4) is 0 Å². The van der Waals surface area contributed by atoms with Crippen molar-refractivity contribution in [2.45, 2.75) is 19.5 Å². The highest BCUT2D eigenvalue weighted by Gasteiger charge is 2.35. The molecule has 0 nitrogen and oxygen atoms in total. The topological polar surface area (TPSA) is 0 Å². The molecule has 2 rings (SSSR count). The van der Waals surface area contributed by atoms with Crippen molar-refractivity contribution in [1.29, 1.82) is 0 Å². The Kier molecular flexibility index (Phi) is 6.22. The van der Waals surface area contributed by atoms with Gasteiger partial charge in [-0.15, -0.1) is 23.5 Å². The van der Waals surface area contributed by atoms with Crippen molar-refractivity contribution in [3.63, 3.8) is 0 Å². The molecule has 0 spiro atoms. The van der Waals surface area contributed by atoms with E-state index in [4.69, 9.17) is 34.8 Å². The second-order valence-corrected chi connectivity index (χ2v) is 8.65. The first-order valence-corrected chi connectivity index (χ1v) is 9.88. The Bertz CT molecular complexity index is 526. The highest BCUT2D eigenvalue weighted by atomic mass is 35.6. The van der Waals surface area contributed by atoms with Gasteiger partial charge in [-0.2, -0.15) is 0 Å². The lowest BCUT2D eigenvalue weighted by atomic mass is 9.92. The smallest absolute Gasteiger partial charge is 0.130 e. The summed E-state index contributed by atoms with van der Waals surface area (Å²) in [6.07, 6.45) is 4.09. The molecule has 0 bridgehead atoms. The van der Waals surface area contributed by atoms with Crippen LogP contribution in [0.15, 0.2) is 58.3 Å². The van der Waals surface area contributed by atoms with Crippen LogP contribution in [0.4, 0.5) is 0 Å². The largest absolute Gasteiger partial charge is 0.201 e. The summed E-state index contributed by atoms with van der Waals surface area (Å²) in [5, 5.41) is 0. The predicted octanol–water partition coefficient (Wildman–Crippen LogP) is 6.63. The Morgan fingerprint density at radius 3 is 1.29 bits per heavy atom. The first kappa shape index (κ1) is 17.4. The molecule has 2 aromatic carbocycles. The molecule has 0 heterocycles. The summed E-state index contributed by atoms with van der Waals surface area (Å²) >= 11 is 22.1.